The standard InChI is InChI=1S/C19H23N5O2/c1-21(15-24-19(25)23-9-3-2-4-18(23)20-24)14-16-5-7-17(8-6-16)22-10-12-26-13-11-22/h2-9H,10-15H2,1H3. The molecule has 0 spiro atoms. The Morgan fingerprint density at radius 2 is 1.88 bits per heavy atom. The maximum absolute atomic E-state index is 12.4. The number of nitrogens with zero attached hydrogens (tertiary/aromatic N) is 5. The first-order valence-corrected chi connectivity index (χ1v) is 8.85. The number of anilines is 1. The van der Waals surface area contributed by atoms with Gasteiger partial charge in [0.05, 0.1) is 19.9 Å². The van der Waals surface area contributed by atoms with Crippen LogP contribution < -0.4 is 10.6 Å². The molecule has 1 saturated heterocycles. The Balaban J connectivity index is 1.41. The minimum absolute atomic E-state index is 0.116. The Kier molecular flexibility index (Phi) is 4.73. The van der Waals surface area contributed by atoms with Crippen molar-refractivity contribution >= 4 is 11.3 Å². The van der Waals surface area contributed by atoms with E-state index in [4.69, 9.17) is 4.74 Å². The van der Waals surface area contributed by atoms with Crippen LogP contribution in [0.3, 0.4) is 0 Å². The van der Waals surface area contributed by atoms with Gasteiger partial charge in [0.15, 0.2) is 5.65 Å². The normalized spacial score (nSPS) is 15.1. The molecule has 7 nitrogen and oxygen atoms in total. The molecule has 0 bridgehead atoms. The fourth-order valence-electron chi connectivity index (χ4n) is 3.28. The zero-order chi connectivity index (χ0) is 17.9. The number of morpholine rings is 1. The minimum Gasteiger partial charge on any atom is -0.378 e. The third kappa shape index (κ3) is 3.49. The summed E-state index contributed by atoms with van der Waals surface area (Å²) in [5, 5.41) is 4.38. The van der Waals surface area contributed by atoms with E-state index in [0.717, 1.165) is 32.8 Å². The van der Waals surface area contributed by atoms with Crippen molar-refractivity contribution in [1.82, 2.24) is 19.1 Å². The number of rotatable bonds is 5. The predicted octanol–water partition coefficient (Wildman–Crippen LogP) is 1.42. The van der Waals surface area contributed by atoms with Crippen LogP contribution >= 0.6 is 0 Å². The van der Waals surface area contributed by atoms with Gasteiger partial charge in [0.2, 0.25) is 0 Å². The smallest absolute Gasteiger partial charge is 0.351 e. The molecule has 0 atom stereocenters. The van der Waals surface area contributed by atoms with Crippen LogP contribution in [0.15, 0.2) is 53.5 Å². The van der Waals surface area contributed by atoms with Crippen molar-refractivity contribution < 1.29 is 4.74 Å². The summed E-state index contributed by atoms with van der Waals surface area (Å²) in [7, 11) is 1.99. The molecule has 1 aromatic carbocycles. The van der Waals surface area contributed by atoms with Gasteiger partial charge >= 0.3 is 5.69 Å². The summed E-state index contributed by atoms with van der Waals surface area (Å²) in [6, 6.07) is 14.2. The Morgan fingerprint density at radius 1 is 1.12 bits per heavy atom. The first kappa shape index (κ1) is 16.8. The third-order valence-corrected chi connectivity index (χ3v) is 4.63. The summed E-state index contributed by atoms with van der Waals surface area (Å²) in [4.78, 5) is 16.8. The molecule has 136 valence electrons. The fraction of sp³-hybridized carbons (Fsp3) is 0.368. The van der Waals surface area contributed by atoms with Crippen molar-refractivity contribution in [2.45, 2.75) is 13.2 Å². The van der Waals surface area contributed by atoms with Gasteiger partial charge in [-0.05, 0) is 36.9 Å². The molecule has 7 heteroatoms. The van der Waals surface area contributed by atoms with Crippen LogP contribution in [-0.2, 0) is 18.0 Å². The van der Waals surface area contributed by atoms with Crippen molar-refractivity contribution in [2.24, 2.45) is 0 Å². The highest BCUT2D eigenvalue weighted by Gasteiger charge is 2.12. The molecule has 1 aliphatic heterocycles. The van der Waals surface area contributed by atoms with Gasteiger partial charge in [0, 0.05) is 31.5 Å². The number of ether oxygens (including phenoxy) is 1. The molecule has 0 radical (unpaired) electrons. The van der Waals surface area contributed by atoms with Crippen molar-refractivity contribution in [3.05, 3.63) is 64.7 Å². The van der Waals surface area contributed by atoms with E-state index in [1.165, 1.54) is 15.9 Å². The van der Waals surface area contributed by atoms with E-state index in [1.807, 2.05) is 25.2 Å². The van der Waals surface area contributed by atoms with Gasteiger partial charge in [-0.2, -0.15) is 4.68 Å². The van der Waals surface area contributed by atoms with Crippen LogP contribution in [0.1, 0.15) is 5.56 Å². The Labute approximate surface area is 152 Å². The monoisotopic (exact) mass is 353 g/mol. The minimum atomic E-state index is -0.116. The zero-order valence-electron chi connectivity index (χ0n) is 14.9. The molecule has 0 aliphatic carbocycles. The average Bonchev–Trinajstić information content (AvgIpc) is 2.99. The molecule has 1 fully saturated rings. The number of pyridine rings is 1. The molecule has 3 heterocycles. The molecule has 0 amide bonds. The van der Waals surface area contributed by atoms with Gasteiger partial charge < -0.3 is 9.64 Å². The topological polar surface area (TPSA) is 55.0 Å². The summed E-state index contributed by atoms with van der Waals surface area (Å²) in [6.07, 6.45) is 1.74. The highest BCUT2D eigenvalue weighted by molar-refractivity contribution is 5.47. The van der Waals surface area contributed by atoms with E-state index in [2.05, 4.69) is 39.2 Å². The van der Waals surface area contributed by atoms with E-state index < -0.39 is 0 Å². The molecular weight excluding hydrogens is 330 g/mol. The quantitative estimate of drug-likeness (QED) is 0.694. The number of hydrogen-bond donors (Lipinski definition) is 0. The first-order chi connectivity index (χ1) is 12.7. The van der Waals surface area contributed by atoms with Gasteiger partial charge in [-0.3, -0.25) is 9.30 Å². The van der Waals surface area contributed by atoms with Gasteiger partial charge in [0.1, 0.15) is 0 Å². The van der Waals surface area contributed by atoms with Crippen molar-refractivity contribution in [3.8, 4) is 0 Å². The Bertz CT molecular complexity index is 925. The molecule has 1 aliphatic rings. The van der Waals surface area contributed by atoms with E-state index in [0.29, 0.717) is 12.3 Å². The lowest BCUT2D eigenvalue weighted by Gasteiger charge is -2.29. The number of benzene rings is 1. The number of fused-ring (bicyclic) bond motifs is 1. The number of aromatic nitrogens is 3. The van der Waals surface area contributed by atoms with Crippen molar-refractivity contribution in [2.75, 3.05) is 38.3 Å². The van der Waals surface area contributed by atoms with E-state index in [-0.39, 0.29) is 5.69 Å². The second kappa shape index (κ2) is 7.31. The first-order valence-electron chi connectivity index (χ1n) is 8.85. The third-order valence-electron chi connectivity index (χ3n) is 4.63. The molecule has 26 heavy (non-hydrogen) atoms. The highest BCUT2D eigenvalue weighted by atomic mass is 16.5. The summed E-state index contributed by atoms with van der Waals surface area (Å²) in [5.41, 5.74) is 2.99. The SMILES string of the molecule is CN(Cc1ccc(N2CCOCC2)cc1)Cn1nc2ccccn2c1=O. The molecule has 4 rings (SSSR count). The van der Waals surface area contributed by atoms with Crippen molar-refractivity contribution in [3.63, 3.8) is 0 Å². The number of hydrogen-bond acceptors (Lipinski definition) is 5. The van der Waals surface area contributed by atoms with E-state index in [9.17, 15) is 4.79 Å². The molecule has 0 unspecified atom stereocenters. The molecule has 3 aromatic rings. The van der Waals surface area contributed by atoms with Crippen molar-refractivity contribution in [1.29, 1.82) is 0 Å². The summed E-state index contributed by atoms with van der Waals surface area (Å²) in [6.45, 7) is 4.66. The summed E-state index contributed by atoms with van der Waals surface area (Å²) < 4.78 is 8.46. The second-order valence-electron chi connectivity index (χ2n) is 6.63. The summed E-state index contributed by atoms with van der Waals surface area (Å²) in [5.74, 6) is 0. The average molecular weight is 353 g/mol. The fourth-order valence-corrected chi connectivity index (χ4v) is 3.28. The van der Waals surface area contributed by atoms with Gasteiger partial charge in [-0.15, -0.1) is 5.10 Å². The summed E-state index contributed by atoms with van der Waals surface area (Å²) >= 11 is 0. The lowest BCUT2D eigenvalue weighted by Crippen LogP contribution is -2.36. The molecule has 0 N–H and O–H groups in total. The second-order valence-corrected chi connectivity index (χ2v) is 6.63. The van der Waals surface area contributed by atoms with Crippen LogP contribution in [0.5, 0.6) is 0 Å². The van der Waals surface area contributed by atoms with E-state index >= 15 is 0 Å². The van der Waals surface area contributed by atoms with Gasteiger partial charge in [0.25, 0.3) is 0 Å². The van der Waals surface area contributed by atoms with Crippen LogP contribution in [0.4, 0.5) is 5.69 Å². The lowest BCUT2D eigenvalue weighted by atomic mass is 10.2. The molecule has 2 aromatic heterocycles. The van der Waals surface area contributed by atoms with Crippen LogP contribution in [-0.4, -0.2) is 52.4 Å². The zero-order valence-corrected chi connectivity index (χ0v) is 14.9. The van der Waals surface area contributed by atoms with Gasteiger partial charge in [-0.1, -0.05) is 18.2 Å². The van der Waals surface area contributed by atoms with Gasteiger partial charge in [-0.25, -0.2) is 4.79 Å². The Hall–Kier alpha value is -2.64. The van der Waals surface area contributed by atoms with E-state index in [1.54, 1.807) is 10.6 Å². The Morgan fingerprint density at radius 3 is 2.62 bits per heavy atom. The van der Waals surface area contributed by atoms with Crippen LogP contribution in [0.25, 0.3) is 5.65 Å². The maximum atomic E-state index is 12.4. The molecule has 0 saturated carbocycles. The molecular formula is C19H23N5O2. The largest absolute Gasteiger partial charge is 0.378 e. The van der Waals surface area contributed by atoms with Crippen LogP contribution in [0.2, 0.25) is 0 Å². The maximum Gasteiger partial charge on any atom is 0.351 e. The highest BCUT2D eigenvalue weighted by Crippen LogP contribution is 2.17. The predicted molar refractivity (Wildman–Crippen MR) is 100 cm³/mol. The lowest BCUT2D eigenvalue weighted by molar-refractivity contribution is 0.122. The van der Waals surface area contributed by atoms with Crippen LogP contribution in [0, 0.1) is 0 Å².